The first-order valence-electron chi connectivity index (χ1n) is 7.33. The van der Waals surface area contributed by atoms with Gasteiger partial charge in [0.15, 0.2) is 0 Å². The highest BCUT2D eigenvalue weighted by atomic mass is 16.2. The molecule has 4 heteroatoms. The fraction of sp³-hybridized carbons (Fsp3) is 0.562. The van der Waals surface area contributed by atoms with Gasteiger partial charge < -0.3 is 16.4 Å². The number of nitrogens with two attached hydrogens (primary N) is 1. The maximum atomic E-state index is 11.8. The molecule has 4 N–H and O–H groups in total. The second-order valence-electron chi connectivity index (χ2n) is 6.05. The summed E-state index contributed by atoms with van der Waals surface area (Å²) in [7, 11) is 0. The van der Waals surface area contributed by atoms with Crippen LogP contribution in [0.25, 0.3) is 0 Å². The number of benzene rings is 1. The molecule has 0 heterocycles. The summed E-state index contributed by atoms with van der Waals surface area (Å²) >= 11 is 0. The molecular formula is C16H27N3O. The maximum Gasteiger partial charge on any atom is 0.319 e. The van der Waals surface area contributed by atoms with Gasteiger partial charge in [-0.15, -0.1) is 0 Å². The van der Waals surface area contributed by atoms with Crippen molar-refractivity contribution in [2.75, 3.05) is 17.6 Å². The van der Waals surface area contributed by atoms with Crippen molar-refractivity contribution in [3.8, 4) is 0 Å². The van der Waals surface area contributed by atoms with Crippen LogP contribution in [0.3, 0.4) is 0 Å². The molecule has 4 nitrogen and oxygen atoms in total. The Hall–Kier alpha value is -1.71. The number of unbranched alkanes of at least 4 members (excludes halogenated alkanes) is 2. The van der Waals surface area contributed by atoms with E-state index in [2.05, 4.69) is 31.4 Å². The van der Waals surface area contributed by atoms with E-state index < -0.39 is 0 Å². The first-order chi connectivity index (χ1) is 9.43. The normalized spacial score (nSPS) is 11.2. The van der Waals surface area contributed by atoms with E-state index in [1.54, 1.807) is 24.3 Å². The predicted molar refractivity (Wildman–Crippen MR) is 85.8 cm³/mol. The highest BCUT2D eigenvalue weighted by molar-refractivity contribution is 5.89. The minimum atomic E-state index is -0.168. The Labute approximate surface area is 122 Å². The van der Waals surface area contributed by atoms with E-state index in [4.69, 9.17) is 5.73 Å². The predicted octanol–water partition coefficient (Wildman–Crippen LogP) is 4.00. The second kappa shape index (κ2) is 7.78. The molecular weight excluding hydrogens is 250 g/mol. The number of nitrogens with one attached hydrogen (secondary N) is 2. The zero-order chi connectivity index (χ0) is 15.0. The van der Waals surface area contributed by atoms with Gasteiger partial charge in [-0.1, -0.05) is 40.0 Å². The third-order valence-corrected chi connectivity index (χ3v) is 3.35. The van der Waals surface area contributed by atoms with Gasteiger partial charge in [0.05, 0.1) is 0 Å². The Morgan fingerprint density at radius 2 is 1.85 bits per heavy atom. The molecule has 0 aromatic heterocycles. The molecule has 0 unspecified atom stereocenters. The molecule has 2 amide bonds. The standard InChI is InChI=1S/C16H27N3O/c1-4-5-6-11-16(2,3)12-18-15(20)19-14-9-7-13(17)8-10-14/h7-10H,4-6,11-12,17H2,1-3H3,(H2,18,19,20). The van der Waals surface area contributed by atoms with Crippen molar-refractivity contribution in [2.45, 2.75) is 46.5 Å². The summed E-state index contributed by atoms with van der Waals surface area (Å²) in [5.41, 5.74) is 7.17. The van der Waals surface area contributed by atoms with E-state index in [9.17, 15) is 4.79 Å². The van der Waals surface area contributed by atoms with E-state index in [1.807, 2.05) is 0 Å². The zero-order valence-corrected chi connectivity index (χ0v) is 12.8. The van der Waals surface area contributed by atoms with Crippen LogP contribution in [0.5, 0.6) is 0 Å². The Balaban J connectivity index is 2.33. The smallest absolute Gasteiger partial charge is 0.319 e. The lowest BCUT2D eigenvalue weighted by Crippen LogP contribution is -2.36. The number of nitrogen functional groups attached to an aromatic ring is 1. The van der Waals surface area contributed by atoms with Gasteiger partial charge in [-0.05, 0) is 36.1 Å². The SMILES string of the molecule is CCCCCC(C)(C)CNC(=O)Nc1ccc(N)cc1. The van der Waals surface area contributed by atoms with Gasteiger partial charge in [0.1, 0.15) is 0 Å². The molecule has 0 aliphatic rings. The number of anilines is 2. The molecule has 1 aromatic rings. The Morgan fingerprint density at radius 1 is 1.20 bits per heavy atom. The lowest BCUT2D eigenvalue weighted by molar-refractivity contribution is 0.241. The number of rotatable bonds is 7. The van der Waals surface area contributed by atoms with Gasteiger partial charge in [-0.25, -0.2) is 4.79 Å². The molecule has 0 aliphatic heterocycles. The number of hydrogen-bond donors (Lipinski definition) is 3. The first kappa shape index (κ1) is 16.3. The Morgan fingerprint density at radius 3 is 2.45 bits per heavy atom. The van der Waals surface area contributed by atoms with Crippen LogP contribution in [0, 0.1) is 5.41 Å². The third-order valence-electron chi connectivity index (χ3n) is 3.35. The molecule has 0 atom stereocenters. The molecule has 0 bridgehead atoms. The van der Waals surface area contributed by atoms with Crippen LogP contribution in [-0.4, -0.2) is 12.6 Å². The molecule has 20 heavy (non-hydrogen) atoms. The van der Waals surface area contributed by atoms with Gasteiger partial charge in [0.25, 0.3) is 0 Å². The van der Waals surface area contributed by atoms with E-state index in [0.717, 1.165) is 12.1 Å². The van der Waals surface area contributed by atoms with Crippen LogP contribution in [0.2, 0.25) is 0 Å². The number of urea groups is 1. The molecule has 112 valence electrons. The minimum absolute atomic E-state index is 0.133. The van der Waals surface area contributed by atoms with Crippen molar-refractivity contribution in [1.29, 1.82) is 0 Å². The molecule has 0 saturated heterocycles. The van der Waals surface area contributed by atoms with Gasteiger partial charge >= 0.3 is 6.03 Å². The van der Waals surface area contributed by atoms with Crippen molar-refractivity contribution in [1.82, 2.24) is 5.32 Å². The Bertz CT molecular complexity index is 412. The first-order valence-corrected chi connectivity index (χ1v) is 7.33. The van der Waals surface area contributed by atoms with Crippen molar-refractivity contribution < 1.29 is 4.79 Å². The summed E-state index contributed by atoms with van der Waals surface area (Å²) in [4.78, 5) is 11.8. The number of carbonyl (C=O) groups excluding carboxylic acids is 1. The van der Waals surface area contributed by atoms with E-state index in [1.165, 1.54) is 19.3 Å². The maximum absolute atomic E-state index is 11.8. The van der Waals surface area contributed by atoms with E-state index in [0.29, 0.717) is 12.2 Å². The molecule has 0 radical (unpaired) electrons. The average Bonchev–Trinajstić information content (AvgIpc) is 2.40. The summed E-state index contributed by atoms with van der Waals surface area (Å²) < 4.78 is 0. The van der Waals surface area contributed by atoms with Crippen molar-refractivity contribution >= 4 is 17.4 Å². The van der Waals surface area contributed by atoms with Gasteiger partial charge in [0.2, 0.25) is 0 Å². The zero-order valence-electron chi connectivity index (χ0n) is 12.8. The van der Waals surface area contributed by atoms with Crippen LogP contribution < -0.4 is 16.4 Å². The molecule has 0 saturated carbocycles. The fourth-order valence-corrected chi connectivity index (χ4v) is 2.00. The van der Waals surface area contributed by atoms with Crippen LogP contribution in [0.1, 0.15) is 46.5 Å². The van der Waals surface area contributed by atoms with Crippen LogP contribution in [0.15, 0.2) is 24.3 Å². The monoisotopic (exact) mass is 277 g/mol. The van der Waals surface area contributed by atoms with E-state index in [-0.39, 0.29) is 11.4 Å². The van der Waals surface area contributed by atoms with Crippen LogP contribution >= 0.6 is 0 Å². The number of amides is 2. The molecule has 1 rings (SSSR count). The lowest BCUT2D eigenvalue weighted by Gasteiger charge is -2.25. The lowest BCUT2D eigenvalue weighted by atomic mass is 9.87. The summed E-state index contributed by atoms with van der Waals surface area (Å²) in [6.45, 7) is 7.25. The van der Waals surface area contributed by atoms with Crippen LogP contribution in [0.4, 0.5) is 16.2 Å². The molecule has 0 spiro atoms. The average molecular weight is 277 g/mol. The number of carbonyl (C=O) groups is 1. The topological polar surface area (TPSA) is 67.2 Å². The summed E-state index contributed by atoms with van der Waals surface area (Å²) in [6, 6.07) is 6.95. The molecule has 0 fully saturated rings. The van der Waals surface area contributed by atoms with Gasteiger partial charge in [-0.2, -0.15) is 0 Å². The van der Waals surface area contributed by atoms with Gasteiger partial charge in [-0.3, -0.25) is 0 Å². The summed E-state index contributed by atoms with van der Waals surface area (Å²) in [5, 5.41) is 5.74. The van der Waals surface area contributed by atoms with Crippen molar-refractivity contribution in [3.63, 3.8) is 0 Å². The van der Waals surface area contributed by atoms with Crippen LogP contribution in [-0.2, 0) is 0 Å². The fourth-order valence-electron chi connectivity index (χ4n) is 2.00. The Kier molecular flexibility index (Phi) is 6.36. The quantitative estimate of drug-likeness (QED) is 0.521. The highest BCUT2D eigenvalue weighted by Gasteiger charge is 2.18. The van der Waals surface area contributed by atoms with Crippen molar-refractivity contribution in [3.05, 3.63) is 24.3 Å². The molecule has 0 aliphatic carbocycles. The minimum Gasteiger partial charge on any atom is -0.399 e. The van der Waals surface area contributed by atoms with Crippen molar-refractivity contribution in [2.24, 2.45) is 5.41 Å². The summed E-state index contributed by atoms with van der Waals surface area (Å²) in [5.74, 6) is 0. The third kappa shape index (κ3) is 6.45. The number of hydrogen-bond acceptors (Lipinski definition) is 2. The van der Waals surface area contributed by atoms with E-state index >= 15 is 0 Å². The highest BCUT2D eigenvalue weighted by Crippen LogP contribution is 2.22. The largest absolute Gasteiger partial charge is 0.399 e. The second-order valence-corrected chi connectivity index (χ2v) is 6.05. The summed E-state index contributed by atoms with van der Waals surface area (Å²) in [6.07, 6.45) is 4.82. The van der Waals surface area contributed by atoms with Gasteiger partial charge in [0, 0.05) is 17.9 Å². The molecule has 1 aromatic carbocycles.